The molecule has 1 fully saturated rings. The van der Waals surface area contributed by atoms with Crippen LogP contribution < -0.4 is 0 Å². The summed E-state index contributed by atoms with van der Waals surface area (Å²) in [5.41, 5.74) is 0. The Morgan fingerprint density at radius 3 is 2.65 bits per heavy atom. The highest BCUT2D eigenvalue weighted by Gasteiger charge is 2.29. The van der Waals surface area contributed by atoms with Crippen LogP contribution in [0.1, 0.15) is 59.3 Å². The molecule has 1 aliphatic rings. The Balaban J connectivity index is 2.63. The average molecular weight is 239 g/mol. The van der Waals surface area contributed by atoms with Crippen LogP contribution in [0.25, 0.3) is 0 Å². The van der Waals surface area contributed by atoms with Gasteiger partial charge in [0.2, 0.25) is 5.91 Å². The van der Waals surface area contributed by atoms with Crippen LogP contribution in [0.5, 0.6) is 0 Å². The highest BCUT2D eigenvalue weighted by atomic mass is 16.2. The topological polar surface area (TPSA) is 37.4 Å². The molecular formula is C14H25NO2. The van der Waals surface area contributed by atoms with Crippen molar-refractivity contribution in [3.8, 4) is 0 Å². The van der Waals surface area contributed by atoms with Gasteiger partial charge in [-0.15, -0.1) is 0 Å². The molecule has 1 rings (SSSR count). The van der Waals surface area contributed by atoms with Crippen molar-refractivity contribution >= 4 is 11.7 Å². The molecule has 2 atom stereocenters. The minimum absolute atomic E-state index is 0.104. The summed E-state index contributed by atoms with van der Waals surface area (Å²) in [5.74, 6) is 0.545. The molecular weight excluding hydrogens is 214 g/mol. The molecule has 1 aliphatic heterocycles. The first kappa shape index (κ1) is 14.2. The molecule has 17 heavy (non-hydrogen) atoms. The zero-order valence-electron chi connectivity index (χ0n) is 11.4. The fraction of sp³-hybridized carbons (Fsp3) is 0.857. The number of nitrogens with zero attached hydrogens (tertiary/aromatic N) is 1. The van der Waals surface area contributed by atoms with Gasteiger partial charge < -0.3 is 4.90 Å². The predicted molar refractivity (Wildman–Crippen MR) is 68.7 cm³/mol. The van der Waals surface area contributed by atoms with E-state index in [4.69, 9.17) is 0 Å². The lowest BCUT2D eigenvalue weighted by atomic mass is 9.95. The van der Waals surface area contributed by atoms with Crippen molar-refractivity contribution in [3.63, 3.8) is 0 Å². The predicted octanol–water partition coefficient (Wildman–Crippen LogP) is 2.78. The lowest BCUT2D eigenvalue weighted by molar-refractivity contribution is -0.139. The molecule has 0 aromatic carbocycles. The molecule has 0 saturated carbocycles. The van der Waals surface area contributed by atoms with Gasteiger partial charge >= 0.3 is 0 Å². The number of piperidine rings is 1. The monoisotopic (exact) mass is 239 g/mol. The molecule has 98 valence electrons. The molecule has 0 N–H and O–H groups in total. The molecule has 1 amide bonds. The molecule has 2 unspecified atom stereocenters. The second kappa shape index (κ2) is 6.77. The van der Waals surface area contributed by atoms with Gasteiger partial charge in [-0.1, -0.05) is 20.3 Å². The molecule has 0 aromatic rings. The normalized spacial score (nSPS) is 22.3. The number of ketones is 1. The van der Waals surface area contributed by atoms with Crippen LogP contribution >= 0.6 is 0 Å². The third-order valence-electron chi connectivity index (χ3n) is 3.58. The Morgan fingerprint density at radius 1 is 1.35 bits per heavy atom. The SMILES string of the molecule is CCCC(C)C(=O)N1CCCCC1CC(C)=O. The van der Waals surface area contributed by atoms with Crippen LogP contribution in [0.3, 0.4) is 0 Å². The van der Waals surface area contributed by atoms with Crippen molar-refractivity contribution in [2.24, 2.45) is 5.92 Å². The quantitative estimate of drug-likeness (QED) is 0.740. The maximum absolute atomic E-state index is 12.3. The number of likely N-dealkylation sites (tertiary alicyclic amines) is 1. The number of carbonyl (C=O) groups excluding carboxylic acids is 2. The Morgan fingerprint density at radius 2 is 2.06 bits per heavy atom. The molecule has 0 spiro atoms. The summed E-state index contributed by atoms with van der Waals surface area (Å²) < 4.78 is 0. The van der Waals surface area contributed by atoms with Gasteiger partial charge in [0.15, 0.2) is 0 Å². The van der Waals surface area contributed by atoms with Crippen molar-refractivity contribution in [1.29, 1.82) is 0 Å². The van der Waals surface area contributed by atoms with Crippen LogP contribution in [0, 0.1) is 5.92 Å². The molecule has 1 saturated heterocycles. The zero-order valence-corrected chi connectivity index (χ0v) is 11.4. The highest BCUT2D eigenvalue weighted by Crippen LogP contribution is 2.23. The van der Waals surface area contributed by atoms with Crippen molar-refractivity contribution in [2.75, 3.05) is 6.54 Å². The van der Waals surface area contributed by atoms with E-state index < -0.39 is 0 Å². The van der Waals surface area contributed by atoms with Crippen LogP contribution in [-0.4, -0.2) is 29.2 Å². The zero-order chi connectivity index (χ0) is 12.8. The van der Waals surface area contributed by atoms with Gasteiger partial charge in [-0.2, -0.15) is 0 Å². The first-order chi connectivity index (χ1) is 8.06. The Bertz CT molecular complexity index is 275. The van der Waals surface area contributed by atoms with E-state index >= 15 is 0 Å². The second-order valence-electron chi connectivity index (χ2n) is 5.28. The Kier molecular flexibility index (Phi) is 5.66. The summed E-state index contributed by atoms with van der Waals surface area (Å²) in [6, 6.07) is 0.160. The van der Waals surface area contributed by atoms with E-state index in [1.807, 2.05) is 11.8 Å². The van der Waals surface area contributed by atoms with Gasteiger partial charge in [0.25, 0.3) is 0 Å². The first-order valence-electron chi connectivity index (χ1n) is 6.86. The number of hydrogen-bond donors (Lipinski definition) is 0. The summed E-state index contributed by atoms with van der Waals surface area (Å²) >= 11 is 0. The van der Waals surface area contributed by atoms with Gasteiger partial charge in [-0.25, -0.2) is 0 Å². The van der Waals surface area contributed by atoms with E-state index in [9.17, 15) is 9.59 Å². The summed E-state index contributed by atoms with van der Waals surface area (Å²) in [7, 11) is 0. The standard InChI is InChI=1S/C14H25NO2/c1-4-7-11(2)14(17)15-9-6-5-8-13(15)10-12(3)16/h11,13H,4-10H2,1-3H3. The molecule has 3 nitrogen and oxygen atoms in total. The summed E-state index contributed by atoms with van der Waals surface area (Å²) in [5, 5.41) is 0. The van der Waals surface area contributed by atoms with Gasteiger partial charge in [-0.05, 0) is 32.6 Å². The molecule has 0 bridgehead atoms. The summed E-state index contributed by atoms with van der Waals surface area (Å²) in [6.07, 6.45) is 5.73. The van der Waals surface area contributed by atoms with E-state index in [-0.39, 0.29) is 23.7 Å². The lowest BCUT2D eigenvalue weighted by Crippen LogP contribution is -2.46. The van der Waals surface area contributed by atoms with Crippen molar-refractivity contribution in [3.05, 3.63) is 0 Å². The van der Waals surface area contributed by atoms with Crippen LogP contribution in [-0.2, 0) is 9.59 Å². The average Bonchev–Trinajstić information content (AvgIpc) is 2.28. The number of amides is 1. The van der Waals surface area contributed by atoms with E-state index in [1.165, 1.54) is 0 Å². The Hall–Kier alpha value is -0.860. The molecule has 0 radical (unpaired) electrons. The largest absolute Gasteiger partial charge is 0.339 e. The number of rotatable bonds is 5. The molecule has 0 aromatic heterocycles. The van der Waals surface area contributed by atoms with Crippen molar-refractivity contribution < 1.29 is 9.59 Å². The van der Waals surface area contributed by atoms with Crippen LogP contribution in [0.2, 0.25) is 0 Å². The number of carbonyl (C=O) groups is 2. The van der Waals surface area contributed by atoms with Gasteiger partial charge in [-0.3, -0.25) is 9.59 Å². The number of Topliss-reactive ketones (excluding diaryl/α,β-unsaturated/α-hetero) is 1. The first-order valence-corrected chi connectivity index (χ1v) is 6.86. The van der Waals surface area contributed by atoms with E-state index in [0.29, 0.717) is 6.42 Å². The van der Waals surface area contributed by atoms with Gasteiger partial charge in [0, 0.05) is 24.9 Å². The minimum atomic E-state index is 0.104. The second-order valence-corrected chi connectivity index (χ2v) is 5.28. The van der Waals surface area contributed by atoms with Crippen LogP contribution in [0.4, 0.5) is 0 Å². The highest BCUT2D eigenvalue weighted by molar-refractivity contribution is 5.81. The van der Waals surface area contributed by atoms with Gasteiger partial charge in [0.1, 0.15) is 5.78 Å². The maximum Gasteiger partial charge on any atom is 0.225 e. The smallest absolute Gasteiger partial charge is 0.225 e. The molecule has 3 heteroatoms. The van der Waals surface area contributed by atoms with Crippen molar-refractivity contribution in [2.45, 2.75) is 65.3 Å². The lowest BCUT2D eigenvalue weighted by Gasteiger charge is -2.37. The van der Waals surface area contributed by atoms with E-state index in [0.717, 1.165) is 38.6 Å². The van der Waals surface area contributed by atoms with E-state index in [1.54, 1.807) is 6.92 Å². The fourth-order valence-electron chi connectivity index (χ4n) is 2.67. The maximum atomic E-state index is 12.3. The van der Waals surface area contributed by atoms with E-state index in [2.05, 4.69) is 6.92 Å². The summed E-state index contributed by atoms with van der Waals surface area (Å²) in [6.45, 7) is 6.57. The number of hydrogen-bond acceptors (Lipinski definition) is 2. The van der Waals surface area contributed by atoms with Crippen molar-refractivity contribution in [1.82, 2.24) is 4.90 Å². The summed E-state index contributed by atoms with van der Waals surface area (Å²) in [4.78, 5) is 25.5. The molecule has 1 heterocycles. The minimum Gasteiger partial charge on any atom is -0.339 e. The fourth-order valence-corrected chi connectivity index (χ4v) is 2.67. The molecule has 0 aliphatic carbocycles. The third-order valence-corrected chi connectivity index (χ3v) is 3.58. The van der Waals surface area contributed by atoms with Crippen LogP contribution in [0.15, 0.2) is 0 Å². The Labute approximate surface area is 105 Å². The third kappa shape index (κ3) is 4.14. The van der Waals surface area contributed by atoms with Gasteiger partial charge in [0.05, 0.1) is 0 Å².